The first-order chi connectivity index (χ1) is 17.1. The molecule has 1 fully saturated rings. The zero-order chi connectivity index (χ0) is 24.5. The lowest BCUT2D eigenvalue weighted by Gasteiger charge is -2.22. The molecule has 7 heteroatoms. The number of amides is 3. The van der Waals surface area contributed by atoms with Crippen LogP contribution in [-0.2, 0) is 6.42 Å². The number of benzene rings is 3. The van der Waals surface area contributed by atoms with Crippen LogP contribution in [-0.4, -0.2) is 38.2 Å². The first-order valence-corrected chi connectivity index (χ1v) is 12.1. The Labute approximate surface area is 206 Å². The molecule has 0 saturated carbocycles. The van der Waals surface area contributed by atoms with Gasteiger partial charge in [-0.15, -0.1) is 0 Å². The summed E-state index contributed by atoms with van der Waals surface area (Å²) >= 11 is 0. The molecule has 0 atom stereocenters. The topological polar surface area (TPSA) is 82.7 Å². The van der Waals surface area contributed by atoms with E-state index in [1.54, 1.807) is 18.2 Å². The minimum atomic E-state index is -0.376. The van der Waals surface area contributed by atoms with Crippen molar-refractivity contribution in [2.75, 3.05) is 41.8 Å². The lowest BCUT2D eigenvalue weighted by molar-refractivity contribution is 0.0954. The second kappa shape index (κ2) is 11.9. The van der Waals surface area contributed by atoms with Crippen molar-refractivity contribution >= 4 is 29.0 Å². The molecule has 0 aromatic heterocycles. The number of ether oxygens (including phenoxy) is 1. The molecule has 1 heterocycles. The predicted octanol–water partition coefficient (Wildman–Crippen LogP) is 5.30. The van der Waals surface area contributed by atoms with Crippen LogP contribution in [0.25, 0.3) is 0 Å². The number of rotatable bonds is 9. The minimum Gasteiger partial charge on any atom is -0.494 e. The highest BCUT2D eigenvalue weighted by Gasteiger charge is 2.20. The van der Waals surface area contributed by atoms with Gasteiger partial charge in [-0.2, -0.15) is 0 Å². The van der Waals surface area contributed by atoms with Crippen molar-refractivity contribution in [1.82, 2.24) is 5.32 Å². The number of hydrogen-bond donors (Lipinski definition) is 3. The van der Waals surface area contributed by atoms with E-state index in [4.69, 9.17) is 4.74 Å². The Balaban J connectivity index is 1.43. The van der Waals surface area contributed by atoms with E-state index in [2.05, 4.69) is 33.0 Å². The quantitative estimate of drug-likeness (QED) is 0.395. The molecule has 3 amide bonds. The molecule has 182 valence electrons. The van der Waals surface area contributed by atoms with Gasteiger partial charge in [0.25, 0.3) is 5.91 Å². The van der Waals surface area contributed by atoms with Crippen LogP contribution in [0.2, 0.25) is 0 Å². The molecule has 0 spiro atoms. The molecule has 0 bridgehead atoms. The Bertz CT molecular complexity index is 1130. The van der Waals surface area contributed by atoms with Gasteiger partial charge in [0, 0.05) is 36.7 Å². The summed E-state index contributed by atoms with van der Waals surface area (Å²) in [4.78, 5) is 28.0. The van der Waals surface area contributed by atoms with Crippen LogP contribution < -0.4 is 25.6 Å². The standard InChI is InChI=1S/C28H32N4O3/c1-2-35-24-13-10-22(11-14-24)30-28(34)31-23-12-15-26(32-18-6-7-19-32)25(20-23)27(33)29-17-16-21-8-4-3-5-9-21/h3-5,8-15,20H,2,6-7,16-19H2,1H3,(H,29,33)(H2,30,31,34). The molecule has 4 rings (SSSR count). The molecule has 3 aromatic carbocycles. The number of carbonyl (C=O) groups is 2. The van der Waals surface area contributed by atoms with Gasteiger partial charge in [-0.25, -0.2) is 4.79 Å². The van der Waals surface area contributed by atoms with E-state index in [-0.39, 0.29) is 11.9 Å². The second-order valence-electron chi connectivity index (χ2n) is 8.45. The van der Waals surface area contributed by atoms with E-state index in [9.17, 15) is 9.59 Å². The zero-order valence-corrected chi connectivity index (χ0v) is 20.0. The Hall–Kier alpha value is -4.00. The van der Waals surface area contributed by atoms with E-state index in [1.807, 2.05) is 49.4 Å². The average molecular weight is 473 g/mol. The summed E-state index contributed by atoms with van der Waals surface area (Å²) in [5.41, 5.74) is 3.85. The maximum atomic E-state index is 13.1. The van der Waals surface area contributed by atoms with Gasteiger partial charge in [-0.05, 0) is 74.2 Å². The van der Waals surface area contributed by atoms with Crippen molar-refractivity contribution in [1.29, 1.82) is 0 Å². The SMILES string of the molecule is CCOc1ccc(NC(=O)Nc2ccc(N3CCCC3)c(C(=O)NCCc3ccccc3)c2)cc1. The van der Waals surface area contributed by atoms with Gasteiger partial charge in [0.1, 0.15) is 5.75 Å². The molecule has 7 nitrogen and oxygen atoms in total. The van der Waals surface area contributed by atoms with Crippen molar-refractivity contribution in [3.63, 3.8) is 0 Å². The molecule has 35 heavy (non-hydrogen) atoms. The largest absolute Gasteiger partial charge is 0.494 e. The summed E-state index contributed by atoms with van der Waals surface area (Å²) in [6, 6.07) is 22.4. The Morgan fingerprint density at radius 3 is 2.29 bits per heavy atom. The van der Waals surface area contributed by atoms with Gasteiger partial charge in [-0.3, -0.25) is 4.79 Å². The first kappa shape index (κ1) is 24.1. The summed E-state index contributed by atoms with van der Waals surface area (Å²) in [6.45, 7) is 4.90. The van der Waals surface area contributed by atoms with Crippen LogP contribution in [0.3, 0.4) is 0 Å². The van der Waals surface area contributed by atoms with Crippen molar-refractivity contribution in [3.05, 3.63) is 83.9 Å². The highest BCUT2D eigenvalue weighted by molar-refractivity contribution is 6.04. The summed E-state index contributed by atoms with van der Waals surface area (Å²) in [5.74, 6) is 0.609. The summed E-state index contributed by atoms with van der Waals surface area (Å²) < 4.78 is 5.43. The van der Waals surface area contributed by atoms with Gasteiger partial charge in [0.15, 0.2) is 0 Å². The fourth-order valence-electron chi connectivity index (χ4n) is 4.18. The fraction of sp³-hybridized carbons (Fsp3) is 0.286. The van der Waals surface area contributed by atoms with Crippen molar-refractivity contribution in [2.45, 2.75) is 26.2 Å². The lowest BCUT2D eigenvalue weighted by Crippen LogP contribution is -2.29. The summed E-state index contributed by atoms with van der Waals surface area (Å²) in [7, 11) is 0. The number of urea groups is 1. The van der Waals surface area contributed by atoms with Crippen LogP contribution in [0.1, 0.15) is 35.7 Å². The molecule has 1 aliphatic heterocycles. The zero-order valence-electron chi connectivity index (χ0n) is 20.0. The molecule has 3 aromatic rings. The normalized spacial score (nSPS) is 12.8. The van der Waals surface area contributed by atoms with Crippen molar-refractivity contribution in [2.24, 2.45) is 0 Å². The highest BCUT2D eigenvalue weighted by atomic mass is 16.5. The Morgan fingerprint density at radius 2 is 1.57 bits per heavy atom. The molecule has 0 aliphatic carbocycles. The maximum absolute atomic E-state index is 13.1. The number of hydrogen-bond acceptors (Lipinski definition) is 4. The minimum absolute atomic E-state index is 0.140. The molecule has 0 radical (unpaired) electrons. The number of carbonyl (C=O) groups excluding carboxylic acids is 2. The van der Waals surface area contributed by atoms with E-state index in [1.165, 1.54) is 5.56 Å². The lowest BCUT2D eigenvalue weighted by atomic mass is 10.1. The molecule has 1 saturated heterocycles. The Morgan fingerprint density at radius 1 is 0.886 bits per heavy atom. The Kier molecular flexibility index (Phi) is 8.22. The van der Waals surface area contributed by atoms with Gasteiger partial charge >= 0.3 is 6.03 Å². The maximum Gasteiger partial charge on any atom is 0.323 e. The number of anilines is 3. The third-order valence-electron chi connectivity index (χ3n) is 5.91. The average Bonchev–Trinajstić information content (AvgIpc) is 3.41. The molecular weight excluding hydrogens is 440 g/mol. The van der Waals surface area contributed by atoms with Crippen LogP contribution in [0.15, 0.2) is 72.8 Å². The fourth-order valence-corrected chi connectivity index (χ4v) is 4.18. The molecule has 0 unspecified atom stereocenters. The third kappa shape index (κ3) is 6.76. The van der Waals surface area contributed by atoms with E-state index < -0.39 is 0 Å². The van der Waals surface area contributed by atoms with Crippen LogP contribution in [0, 0.1) is 0 Å². The van der Waals surface area contributed by atoms with Crippen LogP contribution >= 0.6 is 0 Å². The third-order valence-corrected chi connectivity index (χ3v) is 5.91. The number of nitrogens with zero attached hydrogens (tertiary/aromatic N) is 1. The second-order valence-corrected chi connectivity index (χ2v) is 8.45. The first-order valence-electron chi connectivity index (χ1n) is 12.1. The summed E-state index contributed by atoms with van der Waals surface area (Å²) in [6.07, 6.45) is 2.98. The van der Waals surface area contributed by atoms with Gasteiger partial charge < -0.3 is 25.6 Å². The summed E-state index contributed by atoms with van der Waals surface area (Å²) in [5, 5.41) is 8.70. The van der Waals surface area contributed by atoms with E-state index in [0.29, 0.717) is 30.1 Å². The molecule has 3 N–H and O–H groups in total. The van der Waals surface area contributed by atoms with Crippen molar-refractivity contribution in [3.8, 4) is 5.75 Å². The van der Waals surface area contributed by atoms with Gasteiger partial charge in [-0.1, -0.05) is 30.3 Å². The molecular formula is C28H32N4O3. The van der Waals surface area contributed by atoms with Gasteiger partial charge in [0.2, 0.25) is 0 Å². The van der Waals surface area contributed by atoms with Crippen LogP contribution in [0.5, 0.6) is 5.75 Å². The smallest absolute Gasteiger partial charge is 0.323 e. The van der Waals surface area contributed by atoms with Crippen LogP contribution in [0.4, 0.5) is 21.9 Å². The predicted molar refractivity (Wildman–Crippen MR) is 141 cm³/mol. The van der Waals surface area contributed by atoms with Crippen molar-refractivity contribution < 1.29 is 14.3 Å². The van der Waals surface area contributed by atoms with E-state index in [0.717, 1.165) is 43.8 Å². The molecule has 1 aliphatic rings. The monoisotopic (exact) mass is 472 g/mol. The van der Waals surface area contributed by atoms with E-state index >= 15 is 0 Å². The van der Waals surface area contributed by atoms with Gasteiger partial charge in [0.05, 0.1) is 12.2 Å². The highest BCUT2D eigenvalue weighted by Crippen LogP contribution is 2.28. The number of nitrogens with one attached hydrogen (secondary N) is 3.